The maximum absolute atomic E-state index is 13.1. The van der Waals surface area contributed by atoms with Gasteiger partial charge in [-0.05, 0) is 59.7 Å². The zero-order chi connectivity index (χ0) is 23.5. The van der Waals surface area contributed by atoms with Crippen LogP contribution in [0.25, 0.3) is 6.08 Å². The van der Waals surface area contributed by atoms with Crippen LogP contribution in [0, 0.1) is 5.82 Å². The Morgan fingerprint density at radius 3 is 2.52 bits per heavy atom. The molecule has 1 aliphatic rings. The van der Waals surface area contributed by atoms with E-state index in [1.165, 1.54) is 35.9 Å². The first kappa shape index (κ1) is 23.6. The van der Waals surface area contributed by atoms with E-state index in [-0.39, 0.29) is 18.3 Å². The molecule has 3 aromatic carbocycles. The molecule has 0 bridgehead atoms. The molecule has 1 aliphatic heterocycles. The van der Waals surface area contributed by atoms with Gasteiger partial charge in [0.05, 0.1) is 22.7 Å². The van der Waals surface area contributed by atoms with Gasteiger partial charge in [-0.15, -0.1) is 0 Å². The molecule has 0 unspecified atom stereocenters. The number of halogens is 3. The number of ether oxygens (including phenoxy) is 2. The van der Waals surface area contributed by atoms with Crippen LogP contribution in [0.15, 0.2) is 65.6 Å². The zero-order valence-electron chi connectivity index (χ0n) is 17.2. The van der Waals surface area contributed by atoms with Gasteiger partial charge in [0.25, 0.3) is 5.91 Å². The molecule has 0 aromatic heterocycles. The topological polar surface area (TPSA) is 38.8 Å². The molecule has 1 saturated heterocycles. The maximum atomic E-state index is 13.1. The van der Waals surface area contributed by atoms with E-state index in [1.54, 1.807) is 48.5 Å². The molecule has 0 saturated carbocycles. The minimum atomic E-state index is -0.301. The Balaban J connectivity index is 1.54. The molecule has 0 atom stereocenters. The molecule has 0 aliphatic carbocycles. The van der Waals surface area contributed by atoms with E-state index in [1.807, 2.05) is 6.07 Å². The number of carbonyl (C=O) groups excluding carboxylic acids is 1. The molecule has 0 spiro atoms. The molecular formula is C24H16Cl2FNO3S2. The van der Waals surface area contributed by atoms with E-state index in [0.29, 0.717) is 36.5 Å². The lowest BCUT2D eigenvalue weighted by Crippen LogP contribution is -2.27. The van der Waals surface area contributed by atoms with Crippen molar-refractivity contribution in [3.05, 3.63) is 92.6 Å². The lowest BCUT2D eigenvalue weighted by atomic mass is 10.1. The van der Waals surface area contributed by atoms with E-state index in [0.717, 1.165) is 11.1 Å². The molecule has 0 N–H and O–H groups in total. The summed E-state index contributed by atoms with van der Waals surface area (Å²) in [6.45, 7) is 0.260. The third kappa shape index (κ3) is 5.33. The molecule has 33 heavy (non-hydrogen) atoms. The average molecular weight is 520 g/mol. The smallest absolute Gasteiger partial charge is 0.270 e. The summed E-state index contributed by atoms with van der Waals surface area (Å²) in [6.07, 6.45) is 1.73. The normalized spacial score (nSPS) is 14.8. The molecule has 1 heterocycles. The highest BCUT2D eigenvalue weighted by atomic mass is 35.5. The van der Waals surface area contributed by atoms with Crippen LogP contribution in [0.4, 0.5) is 10.1 Å². The summed E-state index contributed by atoms with van der Waals surface area (Å²) >= 11 is 18.8. The largest absolute Gasteiger partial charge is 0.493 e. The van der Waals surface area contributed by atoms with Crippen molar-refractivity contribution in [1.82, 2.24) is 0 Å². The summed E-state index contributed by atoms with van der Waals surface area (Å²) in [7, 11) is 1.53. The summed E-state index contributed by atoms with van der Waals surface area (Å²) in [6, 6.07) is 16.3. The van der Waals surface area contributed by atoms with E-state index >= 15 is 0 Å². The van der Waals surface area contributed by atoms with E-state index in [9.17, 15) is 9.18 Å². The highest BCUT2D eigenvalue weighted by Crippen LogP contribution is 2.40. The average Bonchev–Trinajstić information content (AvgIpc) is 3.06. The van der Waals surface area contributed by atoms with Crippen molar-refractivity contribution in [2.75, 3.05) is 12.0 Å². The van der Waals surface area contributed by atoms with Crippen LogP contribution in [-0.4, -0.2) is 17.3 Å². The van der Waals surface area contributed by atoms with E-state index in [4.69, 9.17) is 44.9 Å². The highest BCUT2D eigenvalue weighted by molar-refractivity contribution is 8.27. The second kappa shape index (κ2) is 10.1. The highest BCUT2D eigenvalue weighted by Gasteiger charge is 2.34. The Morgan fingerprint density at radius 2 is 1.82 bits per heavy atom. The fourth-order valence-corrected chi connectivity index (χ4v) is 4.90. The lowest BCUT2D eigenvalue weighted by molar-refractivity contribution is -0.113. The number of rotatable bonds is 6. The monoisotopic (exact) mass is 519 g/mol. The fraction of sp³-hybridized carbons (Fsp3) is 0.0833. The van der Waals surface area contributed by atoms with Crippen LogP contribution in [0.3, 0.4) is 0 Å². The Bertz CT molecular complexity index is 1270. The Labute approximate surface area is 209 Å². The first-order valence-corrected chi connectivity index (χ1v) is 11.6. The van der Waals surface area contributed by atoms with Gasteiger partial charge in [-0.3, -0.25) is 9.69 Å². The third-order valence-electron chi connectivity index (χ3n) is 4.74. The van der Waals surface area contributed by atoms with Gasteiger partial charge in [-0.1, -0.05) is 65.4 Å². The van der Waals surface area contributed by atoms with E-state index < -0.39 is 0 Å². The Hall–Kier alpha value is -2.58. The van der Waals surface area contributed by atoms with Crippen molar-refractivity contribution < 1.29 is 18.7 Å². The van der Waals surface area contributed by atoms with Gasteiger partial charge in [0.1, 0.15) is 12.4 Å². The standard InChI is InChI=1S/C24H16Cl2FNO3S2/c1-30-21-10-15(4-9-20(21)31-13-14-2-6-17(27)7-3-14)11-22-23(29)28(24(32)33-22)19-8-5-16(25)12-18(19)26/h2-12H,13H2,1H3/b22-11+. The molecule has 168 valence electrons. The molecular weight excluding hydrogens is 504 g/mol. The number of benzene rings is 3. The van der Waals surface area contributed by atoms with Crippen LogP contribution >= 0.6 is 47.2 Å². The molecule has 0 radical (unpaired) electrons. The minimum Gasteiger partial charge on any atom is -0.493 e. The van der Waals surface area contributed by atoms with Crippen LogP contribution in [0.5, 0.6) is 11.5 Å². The second-order valence-electron chi connectivity index (χ2n) is 6.94. The summed E-state index contributed by atoms with van der Waals surface area (Å²) in [5, 5.41) is 0.808. The third-order valence-corrected chi connectivity index (χ3v) is 6.58. The summed E-state index contributed by atoms with van der Waals surface area (Å²) in [5.74, 6) is 0.454. The van der Waals surface area contributed by atoms with Gasteiger partial charge >= 0.3 is 0 Å². The minimum absolute atomic E-state index is 0.260. The molecule has 1 fully saturated rings. The van der Waals surface area contributed by atoms with Gasteiger partial charge in [-0.25, -0.2) is 4.39 Å². The first-order valence-electron chi connectivity index (χ1n) is 9.64. The predicted octanol–water partition coefficient (Wildman–Crippen LogP) is 7.13. The van der Waals surface area contributed by atoms with Gasteiger partial charge < -0.3 is 9.47 Å². The quantitative estimate of drug-likeness (QED) is 0.256. The van der Waals surface area contributed by atoms with Gasteiger partial charge in [0.2, 0.25) is 0 Å². The fourth-order valence-electron chi connectivity index (χ4n) is 3.12. The number of thiocarbonyl (C=S) groups is 1. The number of methoxy groups -OCH3 is 1. The Kier molecular flexibility index (Phi) is 7.24. The summed E-state index contributed by atoms with van der Waals surface area (Å²) in [5.41, 5.74) is 2.05. The van der Waals surface area contributed by atoms with E-state index in [2.05, 4.69) is 0 Å². The zero-order valence-corrected chi connectivity index (χ0v) is 20.3. The maximum Gasteiger partial charge on any atom is 0.270 e. The molecule has 4 rings (SSSR count). The van der Waals surface area contributed by atoms with Crippen molar-refractivity contribution in [3.8, 4) is 11.5 Å². The van der Waals surface area contributed by atoms with Crippen molar-refractivity contribution >= 4 is 69.2 Å². The van der Waals surface area contributed by atoms with Crippen LogP contribution < -0.4 is 14.4 Å². The van der Waals surface area contributed by atoms with Crippen molar-refractivity contribution in [2.24, 2.45) is 0 Å². The lowest BCUT2D eigenvalue weighted by Gasteiger charge is -2.16. The predicted molar refractivity (Wildman–Crippen MR) is 136 cm³/mol. The SMILES string of the molecule is COc1cc(/C=C2/SC(=S)N(c3ccc(Cl)cc3Cl)C2=O)ccc1OCc1ccc(F)cc1. The Morgan fingerprint density at radius 1 is 1.06 bits per heavy atom. The molecule has 9 heteroatoms. The van der Waals surface area contributed by atoms with Crippen molar-refractivity contribution in [3.63, 3.8) is 0 Å². The molecule has 1 amide bonds. The second-order valence-corrected chi connectivity index (χ2v) is 9.46. The van der Waals surface area contributed by atoms with Crippen LogP contribution in [0.2, 0.25) is 10.0 Å². The van der Waals surface area contributed by atoms with Gasteiger partial charge in [0.15, 0.2) is 15.8 Å². The van der Waals surface area contributed by atoms with Crippen LogP contribution in [-0.2, 0) is 11.4 Å². The number of nitrogens with zero attached hydrogens (tertiary/aromatic N) is 1. The summed E-state index contributed by atoms with van der Waals surface area (Å²) < 4.78 is 24.7. The van der Waals surface area contributed by atoms with Gasteiger partial charge in [-0.2, -0.15) is 0 Å². The first-order chi connectivity index (χ1) is 15.9. The number of thioether (sulfide) groups is 1. The summed E-state index contributed by atoms with van der Waals surface area (Å²) in [4.78, 5) is 14.9. The van der Waals surface area contributed by atoms with Crippen molar-refractivity contribution in [1.29, 1.82) is 0 Å². The number of amides is 1. The van der Waals surface area contributed by atoms with Crippen molar-refractivity contribution in [2.45, 2.75) is 6.61 Å². The van der Waals surface area contributed by atoms with Crippen LogP contribution in [0.1, 0.15) is 11.1 Å². The number of anilines is 1. The number of carbonyl (C=O) groups is 1. The molecule has 4 nitrogen and oxygen atoms in total. The van der Waals surface area contributed by atoms with Gasteiger partial charge in [0, 0.05) is 5.02 Å². The number of hydrogen-bond acceptors (Lipinski definition) is 5. The number of hydrogen-bond donors (Lipinski definition) is 0. The molecule has 3 aromatic rings.